The number of ether oxygens (including phenoxy) is 2. The summed E-state index contributed by atoms with van der Waals surface area (Å²) in [5.41, 5.74) is 5.24. The van der Waals surface area contributed by atoms with Gasteiger partial charge >= 0.3 is 31.7 Å². The molecule has 0 heterocycles. The van der Waals surface area contributed by atoms with Crippen LogP contribution in [0.1, 0.15) is 116 Å². The summed E-state index contributed by atoms with van der Waals surface area (Å²) in [5, 5.41) is 17.3. The monoisotopic (exact) mass is 691 g/mol. The van der Waals surface area contributed by atoms with Gasteiger partial charge in [-0.1, -0.05) is 70.4 Å². The highest BCUT2D eigenvalue weighted by molar-refractivity contribution is 7.47. The molecule has 47 heavy (non-hydrogen) atoms. The normalized spacial score (nSPS) is 14.1. The number of unbranched alkanes of at least 4 members (excludes halogenated alkanes) is 11. The molecule has 0 aromatic heterocycles. The molecule has 0 saturated heterocycles. The highest BCUT2D eigenvalue weighted by Crippen LogP contribution is 2.43. The standard InChI is InChI=1S/C32H54NO13P/c1-2-3-4-5-6-7-8-9-10-11-12-13-14-15-16-19-30(37)43-23-27(24-44-47(41,42)45-25-28(33)32(39)40)46-31(38)20-17-18-26(34)21-22-29(35)36/h9-10,21-22,27-28H,2-8,11-20,23-25,33H2,1H3,(H,35,36)(H,39,40)(H,41,42)/b10-9-,22-21+/t27-,28+/m1/s1. The van der Waals surface area contributed by atoms with Crippen LogP contribution in [0.15, 0.2) is 24.3 Å². The summed E-state index contributed by atoms with van der Waals surface area (Å²) in [6.45, 7) is 0.158. The van der Waals surface area contributed by atoms with E-state index >= 15 is 0 Å². The number of nitrogens with two attached hydrogens (primary N) is 1. The van der Waals surface area contributed by atoms with E-state index in [-0.39, 0.29) is 25.7 Å². The van der Waals surface area contributed by atoms with Gasteiger partial charge in [-0.15, -0.1) is 0 Å². The fourth-order valence-corrected chi connectivity index (χ4v) is 4.85. The summed E-state index contributed by atoms with van der Waals surface area (Å²) in [7, 11) is -4.81. The van der Waals surface area contributed by atoms with Crippen molar-refractivity contribution in [2.75, 3.05) is 19.8 Å². The molecule has 0 aliphatic heterocycles. The third kappa shape index (κ3) is 29.0. The molecule has 15 heteroatoms. The number of allylic oxidation sites excluding steroid dienone is 3. The van der Waals surface area contributed by atoms with Gasteiger partial charge in [-0.05, 0) is 44.6 Å². The van der Waals surface area contributed by atoms with Crippen LogP contribution in [0, 0.1) is 0 Å². The SMILES string of the molecule is CCCCCCCC/C=C\CCCCCCCC(=O)OC[C@H](COP(=O)(O)OC[C@H](N)C(=O)O)OC(=O)CCCC(=O)/C=C/C(=O)O. The van der Waals surface area contributed by atoms with Crippen LogP contribution < -0.4 is 5.73 Å². The van der Waals surface area contributed by atoms with E-state index in [4.69, 9.17) is 29.9 Å². The van der Waals surface area contributed by atoms with E-state index in [0.717, 1.165) is 44.6 Å². The third-order valence-electron chi connectivity index (χ3n) is 6.74. The molecular formula is C32H54NO13P. The van der Waals surface area contributed by atoms with E-state index in [1.54, 1.807) is 0 Å². The Bertz CT molecular complexity index is 1030. The predicted molar refractivity (Wildman–Crippen MR) is 173 cm³/mol. The van der Waals surface area contributed by atoms with E-state index in [0.29, 0.717) is 12.5 Å². The summed E-state index contributed by atoms with van der Waals surface area (Å²) in [6.07, 6.45) is 18.9. The molecule has 0 aliphatic rings. The number of carboxylic acid groups (broad SMARTS) is 2. The molecule has 3 atom stereocenters. The zero-order valence-electron chi connectivity index (χ0n) is 27.6. The molecule has 0 radical (unpaired) electrons. The van der Waals surface area contributed by atoms with Gasteiger partial charge in [0.15, 0.2) is 11.9 Å². The van der Waals surface area contributed by atoms with E-state index in [1.807, 2.05) is 0 Å². The van der Waals surface area contributed by atoms with Crippen molar-refractivity contribution in [3.8, 4) is 0 Å². The van der Waals surface area contributed by atoms with Crippen molar-refractivity contribution in [3.05, 3.63) is 24.3 Å². The number of phosphoric acid groups is 1. The van der Waals surface area contributed by atoms with Gasteiger partial charge in [0.05, 0.1) is 13.2 Å². The molecule has 0 bridgehead atoms. The molecule has 0 rings (SSSR count). The minimum atomic E-state index is -4.81. The highest BCUT2D eigenvalue weighted by Gasteiger charge is 2.28. The van der Waals surface area contributed by atoms with Crippen LogP contribution in [0.2, 0.25) is 0 Å². The van der Waals surface area contributed by atoms with E-state index < -0.39 is 69.4 Å². The van der Waals surface area contributed by atoms with Crippen LogP contribution in [0.25, 0.3) is 0 Å². The van der Waals surface area contributed by atoms with Gasteiger partial charge in [0.25, 0.3) is 0 Å². The average Bonchev–Trinajstić information content (AvgIpc) is 3.02. The van der Waals surface area contributed by atoms with E-state index in [2.05, 4.69) is 23.6 Å². The molecule has 0 aliphatic carbocycles. The smallest absolute Gasteiger partial charge is 0.472 e. The summed E-state index contributed by atoms with van der Waals surface area (Å²) in [5.74, 6) is -4.66. The Morgan fingerprint density at radius 3 is 1.85 bits per heavy atom. The summed E-state index contributed by atoms with van der Waals surface area (Å²) in [4.78, 5) is 67.3. The van der Waals surface area contributed by atoms with Crippen LogP contribution in [0.4, 0.5) is 0 Å². The maximum atomic E-state index is 12.3. The number of esters is 2. The zero-order valence-corrected chi connectivity index (χ0v) is 28.4. The molecule has 1 unspecified atom stereocenters. The number of hydrogen-bond acceptors (Lipinski definition) is 11. The molecule has 0 aromatic rings. The van der Waals surface area contributed by atoms with Crippen LogP contribution in [-0.4, -0.2) is 76.7 Å². The summed E-state index contributed by atoms with van der Waals surface area (Å²) >= 11 is 0. The van der Waals surface area contributed by atoms with E-state index in [1.165, 1.54) is 38.5 Å². The number of hydrogen-bond donors (Lipinski definition) is 4. The maximum absolute atomic E-state index is 12.3. The van der Waals surface area contributed by atoms with Crippen molar-refractivity contribution in [2.45, 2.75) is 128 Å². The van der Waals surface area contributed by atoms with Gasteiger partial charge in [-0.3, -0.25) is 28.2 Å². The van der Waals surface area contributed by atoms with Crippen molar-refractivity contribution in [1.82, 2.24) is 0 Å². The minimum Gasteiger partial charge on any atom is -0.480 e. The molecule has 270 valence electrons. The van der Waals surface area contributed by atoms with Gasteiger partial charge in [0, 0.05) is 25.3 Å². The lowest BCUT2D eigenvalue weighted by molar-refractivity contribution is -0.161. The van der Waals surface area contributed by atoms with Crippen molar-refractivity contribution in [2.24, 2.45) is 5.73 Å². The number of carbonyl (C=O) groups is 5. The number of phosphoric ester groups is 1. The minimum absolute atomic E-state index is 0.0269. The molecule has 5 N–H and O–H groups in total. The molecule has 14 nitrogen and oxygen atoms in total. The van der Waals surface area contributed by atoms with Gasteiger partial charge in [0.2, 0.25) is 0 Å². The van der Waals surface area contributed by atoms with Crippen LogP contribution in [-0.2, 0) is 47.1 Å². The fourth-order valence-electron chi connectivity index (χ4n) is 4.07. The second-order valence-electron chi connectivity index (χ2n) is 11.1. The maximum Gasteiger partial charge on any atom is 0.472 e. The van der Waals surface area contributed by atoms with Crippen LogP contribution in [0.3, 0.4) is 0 Å². The number of ketones is 1. The lowest BCUT2D eigenvalue weighted by Gasteiger charge is -2.20. The predicted octanol–water partition coefficient (Wildman–Crippen LogP) is 5.40. The van der Waals surface area contributed by atoms with Gasteiger partial charge in [-0.25, -0.2) is 9.36 Å². The first-order valence-corrected chi connectivity index (χ1v) is 17.9. The Labute approximate surface area is 277 Å². The first-order chi connectivity index (χ1) is 22.4. The van der Waals surface area contributed by atoms with Crippen molar-refractivity contribution >= 4 is 37.5 Å². The Morgan fingerprint density at radius 2 is 1.26 bits per heavy atom. The van der Waals surface area contributed by atoms with Crippen molar-refractivity contribution in [3.63, 3.8) is 0 Å². The van der Waals surface area contributed by atoms with Crippen LogP contribution >= 0.6 is 7.82 Å². The zero-order chi connectivity index (χ0) is 35.3. The lowest BCUT2D eigenvalue weighted by Crippen LogP contribution is -2.34. The van der Waals surface area contributed by atoms with Gasteiger partial charge in [-0.2, -0.15) is 0 Å². The molecule has 0 saturated carbocycles. The molecule has 0 amide bonds. The van der Waals surface area contributed by atoms with Crippen LogP contribution in [0.5, 0.6) is 0 Å². The summed E-state index contributed by atoms with van der Waals surface area (Å²) < 4.78 is 31.8. The Morgan fingerprint density at radius 1 is 0.702 bits per heavy atom. The number of aliphatic carboxylic acids is 2. The molecule has 0 fully saturated rings. The largest absolute Gasteiger partial charge is 0.480 e. The molecular weight excluding hydrogens is 637 g/mol. The number of rotatable bonds is 31. The quantitative estimate of drug-likeness (QED) is 0.0235. The Kier molecular flexibility index (Phi) is 26.4. The van der Waals surface area contributed by atoms with Crippen molar-refractivity contribution < 1.29 is 62.2 Å². The lowest BCUT2D eigenvalue weighted by atomic mass is 10.1. The third-order valence-corrected chi connectivity index (χ3v) is 7.70. The number of carboxylic acids is 2. The fraction of sp³-hybridized carbons (Fsp3) is 0.719. The Balaban J connectivity index is 4.53. The summed E-state index contributed by atoms with van der Waals surface area (Å²) in [6, 6.07) is -1.58. The average molecular weight is 692 g/mol. The number of carbonyl (C=O) groups excluding carboxylic acids is 3. The Hall–Kier alpha value is -2.90. The van der Waals surface area contributed by atoms with Gasteiger partial charge in [0.1, 0.15) is 12.6 Å². The van der Waals surface area contributed by atoms with E-state index in [9.17, 15) is 33.4 Å². The molecule has 0 aromatic carbocycles. The second kappa shape index (κ2) is 28.1. The molecule has 0 spiro atoms. The highest BCUT2D eigenvalue weighted by atomic mass is 31.2. The first kappa shape index (κ1) is 44.1. The first-order valence-electron chi connectivity index (χ1n) is 16.4. The topological polar surface area (TPSA) is 226 Å². The van der Waals surface area contributed by atoms with Crippen molar-refractivity contribution in [1.29, 1.82) is 0 Å². The van der Waals surface area contributed by atoms with Gasteiger partial charge < -0.3 is 30.3 Å². The second-order valence-corrected chi connectivity index (χ2v) is 12.6.